The Morgan fingerprint density at radius 3 is 3.00 bits per heavy atom. The number of nitrogens with two attached hydrogens (primary N) is 1. The standard InChI is InChI=1S/C7H13NO2/c8-5-3-4-1-2-6(10-4)7(5)9/h4-7,9H,1-3,8H2. The molecule has 2 saturated heterocycles. The summed E-state index contributed by atoms with van der Waals surface area (Å²) < 4.78 is 5.45. The topological polar surface area (TPSA) is 55.5 Å². The summed E-state index contributed by atoms with van der Waals surface area (Å²) in [5.41, 5.74) is 5.67. The molecule has 2 fully saturated rings. The highest BCUT2D eigenvalue weighted by atomic mass is 16.5. The lowest BCUT2D eigenvalue weighted by molar-refractivity contribution is -0.0849. The van der Waals surface area contributed by atoms with Crippen LogP contribution in [0, 0.1) is 0 Å². The number of fused-ring (bicyclic) bond motifs is 2. The van der Waals surface area contributed by atoms with Crippen molar-refractivity contribution in [3.8, 4) is 0 Å². The molecule has 4 atom stereocenters. The maximum absolute atomic E-state index is 9.41. The van der Waals surface area contributed by atoms with Crippen molar-refractivity contribution in [2.75, 3.05) is 0 Å². The Labute approximate surface area is 60.2 Å². The maximum Gasteiger partial charge on any atom is 0.0953 e. The Balaban J connectivity index is 2.09. The van der Waals surface area contributed by atoms with Gasteiger partial charge in [-0.15, -0.1) is 0 Å². The van der Waals surface area contributed by atoms with Crippen LogP contribution in [0.4, 0.5) is 0 Å². The monoisotopic (exact) mass is 143 g/mol. The first-order chi connectivity index (χ1) is 4.77. The van der Waals surface area contributed by atoms with Crippen molar-refractivity contribution in [1.29, 1.82) is 0 Å². The van der Waals surface area contributed by atoms with Crippen LogP contribution in [0.2, 0.25) is 0 Å². The lowest BCUT2D eigenvalue weighted by Gasteiger charge is -2.30. The van der Waals surface area contributed by atoms with E-state index in [0.717, 1.165) is 19.3 Å². The van der Waals surface area contributed by atoms with Crippen molar-refractivity contribution in [1.82, 2.24) is 0 Å². The van der Waals surface area contributed by atoms with E-state index in [0.29, 0.717) is 6.10 Å². The van der Waals surface area contributed by atoms with E-state index in [1.165, 1.54) is 0 Å². The third kappa shape index (κ3) is 0.856. The summed E-state index contributed by atoms with van der Waals surface area (Å²) in [4.78, 5) is 0. The Hall–Kier alpha value is -0.120. The molecule has 0 aromatic carbocycles. The van der Waals surface area contributed by atoms with Crippen molar-refractivity contribution < 1.29 is 9.84 Å². The zero-order chi connectivity index (χ0) is 7.14. The van der Waals surface area contributed by atoms with E-state index in [-0.39, 0.29) is 12.1 Å². The van der Waals surface area contributed by atoms with E-state index in [9.17, 15) is 5.11 Å². The van der Waals surface area contributed by atoms with Gasteiger partial charge in [-0.1, -0.05) is 0 Å². The van der Waals surface area contributed by atoms with Crippen LogP contribution in [0.1, 0.15) is 19.3 Å². The van der Waals surface area contributed by atoms with Gasteiger partial charge in [0.2, 0.25) is 0 Å². The van der Waals surface area contributed by atoms with Gasteiger partial charge in [0.1, 0.15) is 0 Å². The first-order valence-corrected chi connectivity index (χ1v) is 3.86. The average molecular weight is 143 g/mol. The molecule has 0 aromatic rings. The SMILES string of the molecule is NC1CC2CCC(O2)C1O. The highest BCUT2D eigenvalue weighted by Gasteiger charge is 2.40. The first kappa shape index (κ1) is 6.58. The third-order valence-electron chi connectivity index (χ3n) is 2.50. The molecule has 0 aliphatic carbocycles. The fourth-order valence-corrected chi connectivity index (χ4v) is 1.88. The number of aliphatic hydroxyl groups is 1. The Morgan fingerprint density at radius 1 is 1.40 bits per heavy atom. The van der Waals surface area contributed by atoms with Crippen LogP contribution >= 0.6 is 0 Å². The number of rotatable bonds is 0. The van der Waals surface area contributed by atoms with Crippen LogP contribution < -0.4 is 5.73 Å². The van der Waals surface area contributed by atoms with Gasteiger partial charge >= 0.3 is 0 Å². The van der Waals surface area contributed by atoms with E-state index in [4.69, 9.17) is 10.5 Å². The smallest absolute Gasteiger partial charge is 0.0953 e. The molecule has 3 nitrogen and oxygen atoms in total. The molecule has 0 amide bonds. The number of hydrogen-bond acceptors (Lipinski definition) is 3. The molecule has 4 unspecified atom stereocenters. The van der Waals surface area contributed by atoms with Crippen molar-refractivity contribution in [2.45, 2.75) is 43.6 Å². The molecule has 2 heterocycles. The molecule has 58 valence electrons. The second kappa shape index (κ2) is 2.19. The minimum atomic E-state index is -0.418. The Bertz CT molecular complexity index is 140. The van der Waals surface area contributed by atoms with Crippen LogP contribution in [0.5, 0.6) is 0 Å². The van der Waals surface area contributed by atoms with E-state index in [2.05, 4.69) is 0 Å². The van der Waals surface area contributed by atoms with Crippen molar-refractivity contribution >= 4 is 0 Å². The van der Waals surface area contributed by atoms with Crippen molar-refractivity contribution in [3.05, 3.63) is 0 Å². The van der Waals surface area contributed by atoms with Crippen LogP contribution in [-0.2, 0) is 4.74 Å². The zero-order valence-corrected chi connectivity index (χ0v) is 5.86. The second-order valence-electron chi connectivity index (χ2n) is 3.26. The predicted molar refractivity (Wildman–Crippen MR) is 36.5 cm³/mol. The Morgan fingerprint density at radius 2 is 2.20 bits per heavy atom. The minimum Gasteiger partial charge on any atom is -0.389 e. The summed E-state index contributed by atoms with van der Waals surface area (Å²) in [6.45, 7) is 0. The van der Waals surface area contributed by atoms with Gasteiger partial charge in [-0.05, 0) is 19.3 Å². The normalized spacial score (nSPS) is 53.4. The quantitative estimate of drug-likeness (QED) is 0.486. The molecule has 2 aliphatic rings. The molecule has 0 radical (unpaired) electrons. The third-order valence-corrected chi connectivity index (χ3v) is 2.50. The van der Waals surface area contributed by atoms with Crippen LogP contribution in [0.25, 0.3) is 0 Å². The van der Waals surface area contributed by atoms with Crippen LogP contribution in [0.15, 0.2) is 0 Å². The van der Waals surface area contributed by atoms with Gasteiger partial charge in [-0.25, -0.2) is 0 Å². The molecular weight excluding hydrogens is 130 g/mol. The summed E-state index contributed by atoms with van der Waals surface area (Å²) in [5, 5.41) is 9.41. The summed E-state index contributed by atoms with van der Waals surface area (Å²) in [6, 6.07) is -0.0498. The van der Waals surface area contributed by atoms with E-state index in [1.807, 2.05) is 0 Å². The first-order valence-electron chi connectivity index (χ1n) is 3.86. The fourth-order valence-electron chi connectivity index (χ4n) is 1.88. The molecule has 10 heavy (non-hydrogen) atoms. The molecule has 2 bridgehead atoms. The molecule has 0 aromatic heterocycles. The van der Waals surface area contributed by atoms with Gasteiger partial charge < -0.3 is 15.6 Å². The molecule has 2 rings (SSSR count). The Kier molecular flexibility index (Phi) is 1.44. The van der Waals surface area contributed by atoms with Gasteiger partial charge in [0, 0.05) is 6.04 Å². The van der Waals surface area contributed by atoms with E-state index in [1.54, 1.807) is 0 Å². The summed E-state index contributed by atoms with van der Waals surface area (Å²) in [6.07, 6.45) is 2.85. The van der Waals surface area contributed by atoms with Crippen LogP contribution in [0.3, 0.4) is 0 Å². The molecule has 0 spiro atoms. The average Bonchev–Trinajstić information content (AvgIpc) is 2.29. The lowest BCUT2D eigenvalue weighted by Crippen LogP contribution is -2.48. The van der Waals surface area contributed by atoms with Crippen molar-refractivity contribution in [3.63, 3.8) is 0 Å². The zero-order valence-electron chi connectivity index (χ0n) is 5.86. The highest BCUT2D eigenvalue weighted by molar-refractivity contribution is 4.92. The lowest BCUT2D eigenvalue weighted by atomic mass is 10.0. The molecule has 3 N–H and O–H groups in total. The number of aliphatic hydroxyl groups excluding tert-OH is 1. The van der Waals surface area contributed by atoms with E-state index >= 15 is 0 Å². The molecular formula is C7H13NO2. The van der Waals surface area contributed by atoms with Gasteiger partial charge in [0.05, 0.1) is 18.3 Å². The van der Waals surface area contributed by atoms with Gasteiger partial charge in [-0.2, -0.15) is 0 Å². The highest BCUT2D eigenvalue weighted by Crippen LogP contribution is 2.31. The molecule has 3 heteroatoms. The van der Waals surface area contributed by atoms with Gasteiger partial charge in [-0.3, -0.25) is 0 Å². The van der Waals surface area contributed by atoms with Crippen LogP contribution in [-0.4, -0.2) is 29.5 Å². The van der Waals surface area contributed by atoms with E-state index < -0.39 is 6.10 Å². The van der Waals surface area contributed by atoms with Crippen molar-refractivity contribution in [2.24, 2.45) is 5.73 Å². The predicted octanol–water partition coefficient (Wildman–Crippen LogP) is -0.374. The number of hydrogen-bond donors (Lipinski definition) is 2. The van der Waals surface area contributed by atoms with Gasteiger partial charge in [0.25, 0.3) is 0 Å². The largest absolute Gasteiger partial charge is 0.389 e. The summed E-state index contributed by atoms with van der Waals surface area (Å²) in [7, 11) is 0. The minimum absolute atomic E-state index is 0.0359. The summed E-state index contributed by atoms with van der Waals surface area (Å²) >= 11 is 0. The fraction of sp³-hybridized carbons (Fsp3) is 1.00. The molecule has 2 aliphatic heterocycles. The maximum atomic E-state index is 9.41. The summed E-state index contributed by atoms with van der Waals surface area (Å²) in [5.74, 6) is 0. The number of ether oxygens (including phenoxy) is 1. The molecule has 0 saturated carbocycles. The van der Waals surface area contributed by atoms with Gasteiger partial charge in [0.15, 0.2) is 0 Å². The second-order valence-corrected chi connectivity index (χ2v) is 3.26.